The van der Waals surface area contributed by atoms with Gasteiger partial charge in [-0.2, -0.15) is 0 Å². The summed E-state index contributed by atoms with van der Waals surface area (Å²) in [5, 5.41) is 3.63. The van der Waals surface area contributed by atoms with Crippen molar-refractivity contribution in [3.63, 3.8) is 0 Å². The number of aromatic amines is 1. The predicted molar refractivity (Wildman–Crippen MR) is 79.1 cm³/mol. The molecule has 102 valence electrons. The fraction of sp³-hybridized carbons (Fsp3) is 0.438. The lowest BCUT2D eigenvalue weighted by Gasteiger charge is -2.17. The number of aryl methyl sites for hydroxylation is 2. The predicted octanol–water partition coefficient (Wildman–Crippen LogP) is 3.39. The average molecular weight is 257 g/mol. The first-order valence-corrected chi connectivity index (χ1v) is 7.07. The lowest BCUT2D eigenvalue weighted by molar-refractivity contribution is 0.508. The SMILES string of the molecule is CCC(NCCCc1ncc[nH]1)c1ccc(C)cc1. The minimum Gasteiger partial charge on any atom is -0.349 e. The van der Waals surface area contributed by atoms with E-state index < -0.39 is 0 Å². The van der Waals surface area contributed by atoms with E-state index in [9.17, 15) is 0 Å². The van der Waals surface area contributed by atoms with Gasteiger partial charge in [0.1, 0.15) is 5.82 Å². The Bertz CT molecular complexity index is 459. The van der Waals surface area contributed by atoms with Crippen LogP contribution in [0.25, 0.3) is 0 Å². The zero-order chi connectivity index (χ0) is 13.5. The van der Waals surface area contributed by atoms with Crippen LogP contribution in [0.3, 0.4) is 0 Å². The highest BCUT2D eigenvalue weighted by Crippen LogP contribution is 2.17. The Balaban J connectivity index is 1.77. The highest BCUT2D eigenvalue weighted by atomic mass is 14.9. The molecule has 1 aromatic heterocycles. The highest BCUT2D eigenvalue weighted by Gasteiger charge is 2.07. The quantitative estimate of drug-likeness (QED) is 0.746. The summed E-state index contributed by atoms with van der Waals surface area (Å²) in [6.07, 6.45) is 6.91. The third-order valence-electron chi connectivity index (χ3n) is 3.42. The first-order chi connectivity index (χ1) is 9.29. The zero-order valence-corrected chi connectivity index (χ0v) is 11.8. The molecule has 0 saturated heterocycles. The van der Waals surface area contributed by atoms with Crippen molar-refractivity contribution in [2.45, 2.75) is 39.2 Å². The smallest absolute Gasteiger partial charge is 0.106 e. The number of nitrogens with one attached hydrogen (secondary N) is 2. The molecule has 19 heavy (non-hydrogen) atoms. The molecule has 3 nitrogen and oxygen atoms in total. The fourth-order valence-corrected chi connectivity index (χ4v) is 2.26. The Morgan fingerprint density at radius 3 is 2.68 bits per heavy atom. The summed E-state index contributed by atoms with van der Waals surface area (Å²) < 4.78 is 0. The maximum atomic E-state index is 4.24. The molecular weight excluding hydrogens is 234 g/mol. The maximum absolute atomic E-state index is 4.24. The van der Waals surface area contributed by atoms with Crippen molar-refractivity contribution in [2.75, 3.05) is 6.54 Å². The van der Waals surface area contributed by atoms with Crippen LogP contribution < -0.4 is 5.32 Å². The molecular formula is C16H23N3. The standard InChI is InChI=1S/C16H23N3/c1-3-15(14-8-6-13(2)7-9-14)17-10-4-5-16-18-11-12-19-16/h6-9,11-12,15,17H,3-5,10H2,1-2H3,(H,18,19). The molecule has 0 aliphatic rings. The van der Waals surface area contributed by atoms with Crippen molar-refractivity contribution in [3.8, 4) is 0 Å². The number of H-pyrrole nitrogens is 1. The van der Waals surface area contributed by atoms with E-state index in [2.05, 4.69) is 53.4 Å². The van der Waals surface area contributed by atoms with E-state index in [-0.39, 0.29) is 0 Å². The number of rotatable bonds is 7. The Kier molecular flexibility index (Phi) is 5.16. The summed E-state index contributed by atoms with van der Waals surface area (Å²) in [6, 6.07) is 9.27. The summed E-state index contributed by atoms with van der Waals surface area (Å²) in [4.78, 5) is 7.38. The van der Waals surface area contributed by atoms with Gasteiger partial charge in [0.05, 0.1) is 0 Å². The van der Waals surface area contributed by atoms with Gasteiger partial charge in [0.2, 0.25) is 0 Å². The van der Waals surface area contributed by atoms with Crippen LogP contribution in [0.1, 0.15) is 42.8 Å². The number of hydrogen-bond acceptors (Lipinski definition) is 2. The van der Waals surface area contributed by atoms with E-state index in [0.29, 0.717) is 6.04 Å². The van der Waals surface area contributed by atoms with Crippen LogP contribution in [0.15, 0.2) is 36.7 Å². The Hall–Kier alpha value is -1.61. The fourth-order valence-electron chi connectivity index (χ4n) is 2.26. The molecule has 0 bridgehead atoms. The molecule has 2 rings (SSSR count). The summed E-state index contributed by atoms with van der Waals surface area (Å²) in [6.45, 7) is 5.37. The molecule has 0 radical (unpaired) electrons. The maximum Gasteiger partial charge on any atom is 0.106 e. The van der Waals surface area contributed by atoms with Gasteiger partial charge in [0, 0.05) is 24.9 Å². The minimum absolute atomic E-state index is 0.456. The number of hydrogen-bond donors (Lipinski definition) is 2. The molecule has 0 amide bonds. The van der Waals surface area contributed by atoms with Crippen molar-refractivity contribution in [3.05, 3.63) is 53.6 Å². The Labute approximate surface area is 115 Å². The third kappa shape index (κ3) is 4.21. The van der Waals surface area contributed by atoms with Crippen LogP contribution in [0.4, 0.5) is 0 Å². The summed E-state index contributed by atoms with van der Waals surface area (Å²) >= 11 is 0. The zero-order valence-electron chi connectivity index (χ0n) is 11.8. The van der Waals surface area contributed by atoms with E-state index in [1.54, 1.807) is 0 Å². The normalized spacial score (nSPS) is 12.5. The van der Waals surface area contributed by atoms with Crippen LogP contribution >= 0.6 is 0 Å². The van der Waals surface area contributed by atoms with E-state index in [1.807, 2.05) is 12.4 Å². The van der Waals surface area contributed by atoms with Gasteiger partial charge in [-0.3, -0.25) is 0 Å². The van der Waals surface area contributed by atoms with Crippen molar-refractivity contribution in [2.24, 2.45) is 0 Å². The molecule has 0 fully saturated rings. The molecule has 1 unspecified atom stereocenters. The largest absolute Gasteiger partial charge is 0.349 e. The van der Waals surface area contributed by atoms with Crippen LogP contribution in [0.2, 0.25) is 0 Å². The lowest BCUT2D eigenvalue weighted by Crippen LogP contribution is -2.22. The average Bonchev–Trinajstić information content (AvgIpc) is 2.93. The van der Waals surface area contributed by atoms with Gasteiger partial charge in [0.25, 0.3) is 0 Å². The van der Waals surface area contributed by atoms with Gasteiger partial charge in [0.15, 0.2) is 0 Å². The van der Waals surface area contributed by atoms with Crippen LogP contribution in [0.5, 0.6) is 0 Å². The molecule has 0 spiro atoms. The topological polar surface area (TPSA) is 40.7 Å². The van der Waals surface area contributed by atoms with Gasteiger partial charge < -0.3 is 10.3 Å². The van der Waals surface area contributed by atoms with Gasteiger partial charge >= 0.3 is 0 Å². The van der Waals surface area contributed by atoms with Crippen LogP contribution in [-0.2, 0) is 6.42 Å². The van der Waals surface area contributed by atoms with Gasteiger partial charge in [-0.05, 0) is 31.9 Å². The lowest BCUT2D eigenvalue weighted by atomic mass is 10.0. The summed E-state index contributed by atoms with van der Waals surface area (Å²) in [5.74, 6) is 1.07. The van der Waals surface area contributed by atoms with E-state index >= 15 is 0 Å². The number of benzene rings is 1. The molecule has 0 aliphatic carbocycles. The first kappa shape index (κ1) is 13.8. The second-order valence-corrected chi connectivity index (χ2v) is 4.97. The second-order valence-electron chi connectivity index (χ2n) is 4.97. The first-order valence-electron chi connectivity index (χ1n) is 7.07. The minimum atomic E-state index is 0.456. The number of nitrogens with zero attached hydrogens (tertiary/aromatic N) is 1. The van der Waals surface area contributed by atoms with Crippen molar-refractivity contribution in [1.82, 2.24) is 15.3 Å². The number of imidazole rings is 1. The van der Waals surface area contributed by atoms with E-state index in [0.717, 1.165) is 31.6 Å². The van der Waals surface area contributed by atoms with Crippen molar-refractivity contribution < 1.29 is 0 Å². The van der Waals surface area contributed by atoms with E-state index in [4.69, 9.17) is 0 Å². The van der Waals surface area contributed by atoms with Crippen molar-refractivity contribution in [1.29, 1.82) is 0 Å². The van der Waals surface area contributed by atoms with E-state index in [1.165, 1.54) is 11.1 Å². The third-order valence-corrected chi connectivity index (χ3v) is 3.42. The Morgan fingerprint density at radius 2 is 2.05 bits per heavy atom. The molecule has 2 aromatic rings. The molecule has 3 heteroatoms. The van der Waals surface area contributed by atoms with Crippen molar-refractivity contribution >= 4 is 0 Å². The number of aromatic nitrogens is 2. The van der Waals surface area contributed by atoms with Crippen LogP contribution in [0, 0.1) is 6.92 Å². The molecule has 1 aromatic carbocycles. The Morgan fingerprint density at radius 1 is 1.26 bits per heavy atom. The summed E-state index contributed by atoms with van der Waals surface area (Å²) in [5.41, 5.74) is 2.70. The monoisotopic (exact) mass is 257 g/mol. The summed E-state index contributed by atoms with van der Waals surface area (Å²) in [7, 11) is 0. The molecule has 0 aliphatic heterocycles. The van der Waals surface area contributed by atoms with Gasteiger partial charge in [-0.1, -0.05) is 36.8 Å². The molecule has 1 atom stereocenters. The molecule has 1 heterocycles. The second kappa shape index (κ2) is 7.10. The molecule has 0 saturated carbocycles. The van der Waals surface area contributed by atoms with Gasteiger partial charge in [-0.25, -0.2) is 4.98 Å². The van der Waals surface area contributed by atoms with Crippen LogP contribution in [-0.4, -0.2) is 16.5 Å². The molecule has 2 N–H and O–H groups in total. The highest BCUT2D eigenvalue weighted by molar-refractivity contribution is 5.24. The van der Waals surface area contributed by atoms with Gasteiger partial charge in [-0.15, -0.1) is 0 Å².